The lowest BCUT2D eigenvalue weighted by Crippen LogP contribution is -2.18. The van der Waals surface area contributed by atoms with Gasteiger partial charge in [0.1, 0.15) is 12.4 Å². The number of aliphatic hydroxyl groups is 1. The van der Waals surface area contributed by atoms with Gasteiger partial charge in [0.25, 0.3) is 0 Å². The number of ether oxygens (including phenoxy) is 1. The van der Waals surface area contributed by atoms with E-state index in [0.717, 1.165) is 23.5 Å². The molecule has 2 N–H and O–H groups in total. The molecule has 1 aromatic carbocycles. The van der Waals surface area contributed by atoms with Crippen LogP contribution in [-0.4, -0.2) is 18.3 Å². The van der Waals surface area contributed by atoms with Crippen LogP contribution in [0.5, 0.6) is 5.75 Å². The summed E-state index contributed by atoms with van der Waals surface area (Å²) in [6.45, 7) is 1.54. The highest BCUT2D eigenvalue weighted by Gasteiger charge is 2.12. The smallest absolute Gasteiger partial charge is 0.147 e. The summed E-state index contributed by atoms with van der Waals surface area (Å²) in [6.07, 6.45) is 0. The number of benzene rings is 1. The lowest BCUT2D eigenvalue weighted by Gasteiger charge is -2.20. The summed E-state index contributed by atoms with van der Waals surface area (Å²) in [6, 6.07) is 5.73. The number of fused-ring (bicyclic) bond motifs is 1. The van der Waals surface area contributed by atoms with Gasteiger partial charge in [-0.05, 0) is 6.07 Å². The first-order valence-electron chi connectivity index (χ1n) is 4.01. The molecule has 0 aromatic heterocycles. The molecule has 0 atom stereocenters. The quantitative estimate of drug-likeness (QED) is 0.722. The molecule has 4 heteroatoms. The molecule has 0 amide bonds. The van der Waals surface area contributed by atoms with Crippen molar-refractivity contribution in [1.29, 1.82) is 0 Å². The first-order chi connectivity index (χ1) is 5.92. The number of aliphatic hydroxyl groups excluding tert-OH is 1. The van der Waals surface area contributed by atoms with Crippen LogP contribution in [-0.2, 0) is 6.61 Å². The molecular weight excluding hydrogens is 190 g/mol. The number of nitrogens with one attached hydrogen (secondary N) is 1. The average molecular weight is 202 g/mol. The van der Waals surface area contributed by atoms with E-state index in [9.17, 15) is 0 Å². The van der Waals surface area contributed by atoms with Gasteiger partial charge in [0, 0.05) is 12.1 Å². The average Bonchev–Trinajstić information content (AvgIpc) is 2.17. The molecule has 72 valence electrons. The zero-order valence-corrected chi connectivity index (χ0v) is 7.93. The Morgan fingerprint density at radius 3 is 3.08 bits per heavy atom. The number of anilines is 1. The molecule has 1 aliphatic rings. The van der Waals surface area contributed by atoms with Gasteiger partial charge in [0.05, 0.1) is 12.3 Å². The fourth-order valence-electron chi connectivity index (χ4n) is 1.36. The minimum Gasteiger partial charge on any atom is -0.489 e. The second-order valence-corrected chi connectivity index (χ2v) is 2.73. The third kappa shape index (κ3) is 1.87. The minimum atomic E-state index is 0. The summed E-state index contributed by atoms with van der Waals surface area (Å²) in [5.41, 5.74) is 1.83. The third-order valence-corrected chi connectivity index (χ3v) is 1.93. The summed E-state index contributed by atoms with van der Waals surface area (Å²) in [4.78, 5) is 0. The number of halogens is 1. The van der Waals surface area contributed by atoms with Crippen LogP contribution in [0, 0.1) is 0 Å². The van der Waals surface area contributed by atoms with Gasteiger partial charge in [-0.3, -0.25) is 0 Å². The SMILES string of the molecule is Cl.OCc1cccc2c1OCCN2. The minimum absolute atomic E-state index is 0. The fraction of sp³-hybridized carbons (Fsp3) is 0.333. The van der Waals surface area contributed by atoms with Crippen LogP contribution in [0.25, 0.3) is 0 Å². The summed E-state index contributed by atoms with van der Waals surface area (Å²) in [7, 11) is 0. The van der Waals surface area contributed by atoms with Crippen molar-refractivity contribution in [2.75, 3.05) is 18.5 Å². The molecule has 0 radical (unpaired) electrons. The summed E-state index contributed by atoms with van der Waals surface area (Å²) >= 11 is 0. The van der Waals surface area contributed by atoms with Crippen molar-refractivity contribution < 1.29 is 9.84 Å². The topological polar surface area (TPSA) is 41.5 Å². The van der Waals surface area contributed by atoms with Gasteiger partial charge >= 0.3 is 0 Å². The van der Waals surface area contributed by atoms with Gasteiger partial charge in [-0.25, -0.2) is 0 Å². The van der Waals surface area contributed by atoms with E-state index in [2.05, 4.69) is 5.32 Å². The number of hydrogen-bond acceptors (Lipinski definition) is 3. The predicted molar refractivity (Wildman–Crippen MR) is 53.6 cm³/mol. The lowest BCUT2D eigenvalue weighted by molar-refractivity contribution is 0.263. The standard InChI is InChI=1S/C9H11NO2.ClH/c11-6-7-2-1-3-8-9(7)12-5-4-10-8;/h1-3,10-11H,4-6H2;1H. The third-order valence-electron chi connectivity index (χ3n) is 1.93. The zero-order chi connectivity index (χ0) is 8.39. The highest BCUT2D eigenvalue weighted by Crippen LogP contribution is 2.30. The number of hydrogen-bond donors (Lipinski definition) is 2. The molecule has 0 saturated carbocycles. The maximum absolute atomic E-state index is 8.99. The predicted octanol–water partition coefficient (Wildman–Crippen LogP) is 1.41. The van der Waals surface area contributed by atoms with Gasteiger partial charge in [-0.1, -0.05) is 12.1 Å². The molecule has 3 nitrogen and oxygen atoms in total. The highest BCUT2D eigenvalue weighted by molar-refractivity contribution is 5.85. The summed E-state index contributed by atoms with van der Waals surface area (Å²) < 4.78 is 5.42. The van der Waals surface area contributed by atoms with Crippen LogP contribution >= 0.6 is 12.4 Å². The molecule has 13 heavy (non-hydrogen) atoms. The Morgan fingerprint density at radius 1 is 1.46 bits per heavy atom. The molecule has 1 aliphatic heterocycles. The summed E-state index contributed by atoms with van der Waals surface area (Å²) in [5, 5.41) is 12.2. The molecule has 1 aromatic rings. The highest BCUT2D eigenvalue weighted by atomic mass is 35.5. The molecule has 0 unspecified atom stereocenters. The van der Waals surface area contributed by atoms with Gasteiger partial charge in [0.2, 0.25) is 0 Å². The lowest BCUT2D eigenvalue weighted by atomic mass is 10.1. The normalized spacial score (nSPS) is 13.3. The van der Waals surface area contributed by atoms with Crippen molar-refractivity contribution in [1.82, 2.24) is 0 Å². The Balaban J connectivity index is 0.000000845. The second kappa shape index (κ2) is 4.35. The Morgan fingerprint density at radius 2 is 2.31 bits per heavy atom. The van der Waals surface area contributed by atoms with E-state index in [1.165, 1.54) is 0 Å². The van der Waals surface area contributed by atoms with Crippen LogP contribution in [0.15, 0.2) is 18.2 Å². The summed E-state index contributed by atoms with van der Waals surface area (Å²) in [5.74, 6) is 0.797. The zero-order valence-electron chi connectivity index (χ0n) is 7.12. The Kier molecular flexibility index (Phi) is 3.39. The molecule has 0 bridgehead atoms. The number of para-hydroxylation sites is 1. The van der Waals surface area contributed by atoms with Crippen molar-refractivity contribution in [2.24, 2.45) is 0 Å². The second-order valence-electron chi connectivity index (χ2n) is 2.73. The van der Waals surface area contributed by atoms with Crippen LogP contribution < -0.4 is 10.1 Å². The van der Waals surface area contributed by atoms with E-state index in [1.807, 2.05) is 18.2 Å². The maximum Gasteiger partial charge on any atom is 0.147 e. The molecule has 2 rings (SSSR count). The van der Waals surface area contributed by atoms with Crippen molar-refractivity contribution >= 4 is 18.1 Å². The largest absolute Gasteiger partial charge is 0.489 e. The van der Waals surface area contributed by atoms with Crippen molar-refractivity contribution in [2.45, 2.75) is 6.61 Å². The molecular formula is C9H12ClNO2. The van der Waals surface area contributed by atoms with Crippen molar-refractivity contribution in [3.63, 3.8) is 0 Å². The van der Waals surface area contributed by atoms with E-state index in [0.29, 0.717) is 6.61 Å². The van der Waals surface area contributed by atoms with Gasteiger partial charge in [0.15, 0.2) is 0 Å². The Hall–Kier alpha value is -0.930. The molecule has 0 saturated heterocycles. The molecule has 0 spiro atoms. The van der Waals surface area contributed by atoms with Crippen LogP contribution in [0.3, 0.4) is 0 Å². The maximum atomic E-state index is 8.99. The van der Waals surface area contributed by atoms with E-state index < -0.39 is 0 Å². The van der Waals surface area contributed by atoms with Gasteiger partial charge in [-0.2, -0.15) is 0 Å². The van der Waals surface area contributed by atoms with Gasteiger partial charge in [-0.15, -0.1) is 12.4 Å². The van der Waals surface area contributed by atoms with Crippen LogP contribution in [0.4, 0.5) is 5.69 Å². The van der Waals surface area contributed by atoms with Crippen LogP contribution in [0.1, 0.15) is 5.56 Å². The van der Waals surface area contributed by atoms with E-state index in [-0.39, 0.29) is 19.0 Å². The van der Waals surface area contributed by atoms with E-state index in [4.69, 9.17) is 9.84 Å². The molecule has 0 aliphatic carbocycles. The molecule has 1 heterocycles. The van der Waals surface area contributed by atoms with E-state index >= 15 is 0 Å². The monoisotopic (exact) mass is 201 g/mol. The number of rotatable bonds is 1. The van der Waals surface area contributed by atoms with Crippen LogP contribution in [0.2, 0.25) is 0 Å². The Labute approximate surface area is 83.1 Å². The van der Waals surface area contributed by atoms with Crippen molar-refractivity contribution in [3.8, 4) is 5.75 Å². The van der Waals surface area contributed by atoms with E-state index in [1.54, 1.807) is 0 Å². The first kappa shape index (κ1) is 10.2. The molecule has 0 fully saturated rings. The fourth-order valence-corrected chi connectivity index (χ4v) is 1.36. The first-order valence-corrected chi connectivity index (χ1v) is 4.01. The van der Waals surface area contributed by atoms with Gasteiger partial charge < -0.3 is 15.2 Å². The van der Waals surface area contributed by atoms with Crippen molar-refractivity contribution in [3.05, 3.63) is 23.8 Å². The Bertz CT molecular complexity index is 277.